The van der Waals surface area contributed by atoms with Crippen LogP contribution in [0.15, 0.2) is 53.4 Å². The molecule has 7 N–H and O–H groups in total. The quantitative estimate of drug-likeness (QED) is 0.394. The molecule has 2 aromatic rings. The number of carbonyl (C=O) groups is 3. The van der Waals surface area contributed by atoms with Gasteiger partial charge in [0.05, 0.1) is 17.9 Å². The van der Waals surface area contributed by atoms with E-state index in [0.717, 1.165) is 0 Å². The van der Waals surface area contributed by atoms with E-state index in [9.17, 15) is 22.8 Å². The summed E-state index contributed by atoms with van der Waals surface area (Å²) in [7, 11) is -4.29. The third-order valence-corrected chi connectivity index (χ3v) is 5.68. The highest BCUT2D eigenvalue weighted by molar-refractivity contribution is 7.90. The minimum absolute atomic E-state index is 0.0694. The summed E-state index contributed by atoms with van der Waals surface area (Å²) in [6, 6.07) is 12.4. The predicted molar refractivity (Wildman–Crippen MR) is 117 cm³/mol. The number of carboxylic acids is 1. The number of hydrogen-bond acceptors (Lipinski definition) is 9. The van der Waals surface area contributed by atoms with E-state index < -0.39 is 34.4 Å². The van der Waals surface area contributed by atoms with Gasteiger partial charge in [0, 0.05) is 18.7 Å². The van der Waals surface area contributed by atoms with Crippen molar-refractivity contribution in [2.75, 3.05) is 18.8 Å². The monoisotopic (exact) mass is 465 g/mol. The number of nitrogens with zero attached hydrogens (tertiary/aromatic N) is 2. The molecule has 12 heteroatoms. The standard InChI is InChI=1S/C17H20N4O4S.C3H7NO2/c18-12-17(23)21(26(24,25)14-8-2-1-3-9-14)16(22)11-5-7-13-6-4-10-15(19)20-13;4-2-1-3(5)6/h1-4,6,8-10H,5,7,11-12,18H2,(H2,19,20);1-2,4H2,(H,5,6). The fourth-order valence-electron chi connectivity index (χ4n) is 2.47. The van der Waals surface area contributed by atoms with Crippen molar-refractivity contribution in [3.8, 4) is 0 Å². The number of rotatable bonds is 9. The van der Waals surface area contributed by atoms with E-state index in [1.165, 1.54) is 24.3 Å². The van der Waals surface area contributed by atoms with Crippen LogP contribution in [0.3, 0.4) is 0 Å². The molecule has 0 fully saturated rings. The van der Waals surface area contributed by atoms with Crippen molar-refractivity contribution in [3.05, 3.63) is 54.2 Å². The minimum Gasteiger partial charge on any atom is -0.481 e. The van der Waals surface area contributed by atoms with Gasteiger partial charge < -0.3 is 22.3 Å². The Kier molecular flexibility index (Phi) is 11.0. The molecule has 1 heterocycles. The summed E-state index contributed by atoms with van der Waals surface area (Å²) in [5.74, 6) is -2.27. The van der Waals surface area contributed by atoms with E-state index in [0.29, 0.717) is 24.4 Å². The normalized spacial score (nSPS) is 10.6. The number of carbonyl (C=O) groups excluding carboxylic acids is 2. The molecule has 0 aliphatic carbocycles. The van der Waals surface area contributed by atoms with Crippen LogP contribution in [0.1, 0.15) is 25.0 Å². The first-order chi connectivity index (χ1) is 15.1. The third-order valence-electron chi connectivity index (χ3n) is 3.92. The maximum Gasteiger partial charge on any atom is 0.304 e. The molecule has 2 rings (SSSR count). The molecule has 0 aliphatic rings. The Morgan fingerprint density at radius 1 is 0.938 bits per heavy atom. The summed E-state index contributed by atoms with van der Waals surface area (Å²) in [5, 5.41) is 7.83. The van der Waals surface area contributed by atoms with Gasteiger partial charge in [-0.05, 0) is 37.1 Å². The van der Waals surface area contributed by atoms with Gasteiger partial charge in [0.15, 0.2) is 0 Å². The van der Waals surface area contributed by atoms with Crippen molar-refractivity contribution in [2.45, 2.75) is 30.6 Å². The number of nitrogen functional groups attached to an aromatic ring is 1. The van der Waals surface area contributed by atoms with Crippen LogP contribution in [0.25, 0.3) is 0 Å². The van der Waals surface area contributed by atoms with E-state index in [1.54, 1.807) is 24.3 Å². The number of aliphatic carboxylic acids is 1. The molecule has 0 bridgehead atoms. The zero-order valence-electron chi connectivity index (χ0n) is 17.4. The third kappa shape index (κ3) is 8.41. The van der Waals surface area contributed by atoms with Crippen LogP contribution in [-0.4, -0.2) is 53.7 Å². The zero-order valence-corrected chi connectivity index (χ0v) is 18.2. The highest BCUT2D eigenvalue weighted by Gasteiger charge is 2.33. The number of amides is 2. The predicted octanol–water partition coefficient (Wildman–Crippen LogP) is 0.109. The van der Waals surface area contributed by atoms with Crippen LogP contribution in [0.2, 0.25) is 0 Å². The van der Waals surface area contributed by atoms with Crippen LogP contribution in [0.5, 0.6) is 0 Å². The molecule has 11 nitrogen and oxygen atoms in total. The summed E-state index contributed by atoms with van der Waals surface area (Å²) < 4.78 is 25.6. The number of anilines is 1. The lowest BCUT2D eigenvalue weighted by molar-refractivity contribution is -0.138. The molecule has 2 amide bonds. The van der Waals surface area contributed by atoms with Crippen molar-refractivity contribution < 1.29 is 27.9 Å². The fraction of sp³-hybridized carbons (Fsp3) is 0.300. The molecule has 0 spiro atoms. The summed E-state index contributed by atoms with van der Waals surface area (Å²) in [6.07, 6.45) is 0.662. The van der Waals surface area contributed by atoms with Gasteiger partial charge in [0.1, 0.15) is 5.82 Å². The molecule has 1 aromatic carbocycles. The molecular formula is C20H27N5O6S. The smallest absolute Gasteiger partial charge is 0.304 e. The van der Waals surface area contributed by atoms with E-state index >= 15 is 0 Å². The summed E-state index contributed by atoms with van der Waals surface area (Å²) >= 11 is 0. The SMILES string of the molecule is NCC(=O)N(C(=O)CCCc1cccc(N)n1)S(=O)(=O)c1ccccc1.NCCC(=O)O. The van der Waals surface area contributed by atoms with Crippen LogP contribution in [-0.2, 0) is 30.8 Å². The second kappa shape index (κ2) is 13.1. The number of hydrogen-bond donors (Lipinski definition) is 4. The number of pyridine rings is 1. The Balaban J connectivity index is 0.000000751. The molecule has 174 valence electrons. The lowest BCUT2D eigenvalue weighted by Crippen LogP contribution is -2.44. The van der Waals surface area contributed by atoms with Gasteiger partial charge in [0.2, 0.25) is 5.91 Å². The van der Waals surface area contributed by atoms with E-state index in [2.05, 4.69) is 4.98 Å². The largest absolute Gasteiger partial charge is 0.481 e. The van der Waals surface area contributed by atoms with Crippen molar-refractivity contribution in [1.29, 1.82) is 0 Å². The Morgan fingerprint density at radius 3 is 2.09 bits per heavy atom. The number of sulfonamides is 1. The highest BCUT2D eigenvalue weighted by Crippen LogP contribution is 2.17. The molecule has 0 aliphatic heterocycles. The van der Waals surface area contributed by atoms with Crippen LogP contribution >= 0.6 is 0 Å². The molecule has 0 radical (unpaired) electrons. The van der Waals surface area contributed by atoms with Gasteiger partial charge >= 0.3 is 5.97 Å². The van der Waals surface area contributed by atoms with Gasteiger partial charge in [-0.1, -0.05) is 24.3 Å². The number of benzene rings is 1. The lowest BCUT2D eigenvalue weighted by Gasteiger charge is -2.20. The number of nitrogens with two attached hydrogens (primary N) is 3. The molecule has 1 aromatic heterocycles. The van der Waals surface area contributed by atoms with Crippen molar-refractivity contribution >= 4 is 33.6 Å². The molecule has 32 heavy (non-hydrogen) atoms. The number of aryl methyl sites for hydroxylation is 1. The highest BCUT2D eigenvalue weighted by atomic mass is 32.2. The summed E-state index contributed by atoms with van der Waals surface area (Å²) in [4.78, 5) is 38.0. The van der Waals surface area contributed by atoms with E-state index in [1.807, 2.05) is 0 Å². The molecular weight excluding hydrogens is 438 g/mol. The molecule has 0 saturated heterocycles. The Morgan fingerprint density at radius 2 is 1.59 bits per heavy atom. The lowest BCUT2D eigenvalue weighted by atomic mass is 10.1. The van der Waals surface area contributed by atoms with Crippen molar-refractivity contribution in [3.63, 3.8) is 0 Å². The summed E-state index contributed by atoms with van der Waals surface area (Å²) in [5.41, 5.74) is 16.4. The molecule has 0 saturated carbocycles. The average Bonchev–Trinajstić information content (AvgIpc) is 2.74. The van der Waals surface area contributed by atoms with Crippen molar-refractivity contribution in [2.24, 2.45) is 11.5 Å². The van der Waals surface area contributed by atoms with Gasteiger partial charge in [-0.3, -0.25) is 14.4 Å². The number of imide groups is 1. The first-order valence-electron chi connectivity index (χ1n) is 9.62. The van der Waals surface area contributed by atoms with Gasteiger partial charge in [-0.2, -0.15) is 4.31 Å². The summed E-state index contributed by atoms with van der Waals surface area (Å²) in [6.45, 7) is -0.357. The van der Waals surface area contributed by atoms with Crippen LogP contribution in [0, 0.1) is 0 Å². The van der Waals surface area contributed by atoms with Crippen LogP contribution < -0.4 is 17.2 Å². The average molecular weight is 466 g/mol. The van der Waals surface area contributed by atoms with Crippen LogP contribution in [0.4, 0.5) is 5.82 Å². The zero-order chi connectivity index (χ0) is 24.1. The van der Waals surface area contributed by atoms with E-state index in [-0.39, 0.29) is 28.6 Å². The van der Waals surface area contributed by atoms with Gasteiger partial charge in [-0.15, -0.1) is 0 Å². The number of aromatic nitrogens is 1. The van der Waals surface area contributed by atoms with Gasteiger partial charge in [0.25, 0.3) is 15.9 Å². The van der Waals surface area contributed by atoms with Crippen molar-refractivity contribution in [1.82, 2.24) is 9.29 Å². The van der Waals surface area contributed by atoms with E-state index in [4.69, 9.17) is 22.3 Å². The second-order valence-electron chi connectivity index (χ2n) is 6.41. The maximum absolute atomic E-state index is 12.7. The maximum atomic E-state index is 12.7. The first kappa shape index (κ1) is 26.7. The topological polar surface area (TPSA) is 200 Å². The number of carboxylic acid groups (broad SMARTS) is 1. The van der Waals surface area contributed by atoms with Gasteiger partial charge in [-0.25, -0.2) is 13.4 Å². The Labute approximate surface area is 186 Å². The fourth-order valence-corrected chi connectivity index (χ4v) is 3.88. The Hall–Kier alpha value is -3.35. The Bertz CT molecular complexity index is 1010. The second-order valence-corrected chi connectivity index (χ2v) is 8.20. The minimum atomic E-state index is -4.29. The molecule has 0 unspecified atom stereocenters. The first-order valence-corrected chi connectivity index (χ1v) is 11.1. The molecule has 0 atom stereocenters.